The second kappa shape index (κ2) is 6.28. The number of hydrogen-bond donors (Lipinski definition) is 0. The number of hydrogen-bond acceptors (Lipinski definition) is 2. The van der Waals surface area contributed by atoms with E-state index in [0.717, 1.165) is 25.7 Å². The lowest BCUT2D eigenvalue weighted by atomic mass is 9.80. The summed E-state index contributed by atoms with van der Waals surface area (Å²) in [5, 5.41) is 0. The maximum Gasteiger partial charge on any atom is 0.0539 e. The van der Waals surface area contributed by atoms with Crippen LogP contribution in [-0.2, 0) is 25.7 Å². The Bertz CT molecular complexity index is 1760. The summed E-state index contributed by atoms with van der Waals surface area (Å²) in [5.41, 5.74) is 21.4. The molecule has 5 aromatic rings. The molecular weight excluding hydrogens is 424 g/mol. The van der Waals surface area contributed by atoms with Gasteiger partial charge in [-0.25, -0.2) is 0 Å². The molecule has 1 aromatic heterocycles. The molecule has 0 saturated heterocycles. The SMILES string of the molecule is c1ccc2c(c1)Cc1ccc3c(c1-2)Cc1cc2c(c4c1N3c1ccncc1C4)-c1ccccc1C2. The number of pyridine rings is 1. The van der Waals surface area contributed by atoms with Gasteiger partial charge < -0.3 is 4.90 Å². The number of aromatic nitrogens is 1. The summed E-state index contributed by atoms with van der Waals surface area (Å²) in [5.74, 6) is 0. The fourth-order valence-corrected chi connectivity index (χ4v) is 7.25. The third-order valence-electron chi connectivity index (χ3n) is 8.59. The number of nitrogens with zero attached hydrogens (tertiary/aromatic N) is 2. The van der Waals surface area contributed by atoms with Crippen molar-refractivity contribution in [3.05, 3.63) is 130 Å². The van der Waals surface area contributed by atoms with Crippen LogP contribution in [-0.4, -0.2) is 4.98 Å². The molecule has 9 rings (SSSR count). The van der Waals surface area contributed by atoms with Gasteiger partial charge in [0.25, 0.3) is 0 Å². The summed E-state index contributed by atoms with van der Waals surface area (Å²) in [6, 6.07) is 27.4. The highest BCUT2D eigenvalue weighted by Gasteiger charge is 2.38. The zero-order valence-electron chi connectivity index (χ0n) is 19.3. The van der Waals surface area contributed by atoms with Crippen LogP contribution < -0.4 is 4.90 Å². The number of rotatable bonds is 0. The fraction of sp³-hybridized carbons (Fsp3) is 0.121. The highest BCUT2D eigenvalue weighted by molar-refractivity contribution is 5.98. The predicted octanol–water partition coefficient (Wildman–Crippen LogP) is 7.50. The smallest absolute Gasteiger partial charge is 0.0539 e. The summed E-state index contributed by atoms with van der Waals surface area (Å²) < 4.78 is 0. The van der Waals surface area contributed by atoms with Crippen molar-refractivity contribution in [2.24, 2.45) is 0 Å². The maximum absolute atomic E-state index is 4.53. The summed E-state index contributed by atoms with van der Waals surface area (Å²) in [6.07, 6.45) is 8.04. The van der Waals surface area contributed by atoms with Gasteiger partial charge in [0.05, 0.1) is 17.1 Å². The van der Waals surface area contributed by atoms with Gasteiger partial charge >= 0.3 is 0 Å². The van der Waals surface area contributed by atoms with Crippen LogP contribution in [0.2, 0.25) is 0 Å². The predicted molar refractivity (Wildman–Crippen MR) is 141 cm³/mol. The molecule has 35 heavy (non-hydrogen) atoms. The zero-order chi connectivity index (χ0) is 22.7. The van der Waals surface area contributed by atoms with Crippen LogP contribution in [0.15, 0.2) is 85.2 Å². The first-order valence-electron chi connectivity index (χ1n) is 12.6. The Balaban J connectivity index is 1.37. The molecule has 0 bridgehead atoms. The van der Waals surface area contributed by atoms with E-state index in [-0.39, 0.29) is 0 Å². The van der Waals surface area contributed by atoms with Gasteiger partial charge in [-0.3, -0.25) is 4.98 Å². The molecule has 2 nitrogen and oxygen atoms in total. The molecule has 0 saturated carbocycles. The van der Waals surface area contributed by atoms with Crippen LogP contribution in [0.4, 0.5) is 17.1 Å². The molecule has 0 unspecified atom stereocenters. The number of fused-ring (bicyclic) bond motifs is 12. The summed E-state index contributed by atoms with van der Waals surface area (Å²) in [6.45, 7) is 0. The topological polar surface area (TPSA) is 16.1 Å². The van der Waals surface area contributed by atoms with Crippen molar-refractivity contribution in [2.75, 3.05) is 4.90 Å². The number of anilines is 3. The first kappa shape index (κ1) is 18.2. The first-order chi connectivity index (χ1) is 17.3. The minimum Gasteiger partial charge on any atom is -0.309 e. The van der Waals surface area contributed by atoms with Crippen molar-refractivity contribution >= 4 is 17.1 Å². The molecular formula is C33H22N2. The van der Waals surface area contributed by atoms with Crippen molar-refractivity contribution in [1.82, 2.24) is 4.98 Å². The van der Waals surface area contributed by atoms with Crippen molar-refractivity contribution in [3.8, 4) is 22.3 Å². The van der Waals surface area contributed by atoms with E-state index in [4.69, 9.17) is 0 Å². The standard InChI is InChI=1S/C33H22N2/c1-3-7-25-19(5-1)13-21-9-10-30-27(31(21)25)16-23-15-22-14-20-6-2-4-8-26(20)32(22)28-17-24-18-34-12-11-29(24)35(30)33(23)28/h1-12,15,18H,13-14,16-17H2. The third kappa shape index (κ3) is 2.23. The lowest BCUT2D eigenvalue weighted by Gasteiger charge is -2.41. The average Bonchev–Trinajstić information content (AvgIpc) is 3.46. The molecule has 0 spiro atoms. The largest absolute Gasteiger partial charge is 0.309 e. The number of benzene rings is 4. The average molecular weight is 447 g/mol. The van der Waals surface area contributed by atoms with E-state index in [1.165, 1.54) is 83.8 Å². The first-order valence-corrected chi connectivity index (χ1v) is 12.6. The fourth-order valence-electron chi connectivity index (χ4n) is 7.25. The third-order valence-corrected chi connectivity index (χ3v) is 8.59. The van der Waals surface area contributed by atoms with E-state index in [9.17, 15) is 0 Å². The van der Waals surface area contributed by atoms with E-state index in [1.807, 2.05) is 6.20 Å². The molecule has 4 aromatic carbocycles. The second-order valence-corrected chi connectivity index (χ2v) is 10.4. The molecule has 164 valence electrons. The van der Waals surface area contributed by atoms with Crippen LogP contribution >= 0.6 is 0 Å². The van der Waals surface area contributed by atoms with Crippen molar-refractivity contribution in [2.45, 2.75) is 25.7 Å². The van der Waals surface area contributed by atoms with Gasteiger partial charge in [0.2, 0.25) is 0 Å². The second-order valence-electron chi connectivity index (χ2n) is 10.4. The molecule has 0 fully saturated rings. The quantitative estimate of drug-likeness (QED) is 0.240. The van der Waals surface area contributed by atoms with Gasteiger partial charge in [-0.2, -0.15) is 0 Å². The Morgan fingerprint density at radius 3 is 2.09 bits per heavy atom. The molecule has 0 atom stereocenters. The highest BCUT2D eigenvalue weighted by atomic mass is 15.2. The van der Waals surface area contributed by atoms with Crippen molar-refractivity contribution in [3.63, 3.8) is 0 Å². The zero-order valence-corrected chi connectivity index (χ0v) is 19.3. The van der Waals surface area contributed by atoms with Crippen LogP contribution in [0.3, 0.4) is 0 Å². The van der Waals surface area contributed by atoms with Gasteiger partial charge in [0, 0.05) is 25.2 Å². The van der Waals surface area contributed by atoms with E-state index in [1.54, 1.807) is 0 Å². The maximum atomic E-state index is 4.53. The van der Waals surface area contributed by atoms with Crippen LogP contribution in [0.5, 0.6) is 0 Å². The van der Waals surface area contributed by atoms with Crippen LogP contribution in [0.1, 0.15) is 44.5 Å². The molecule has 2 heteroatoms. The van der Waals surface area contributed by atoms with E-state index in [0.29, 0.717) is 0 Å². The van der Waals surface area contributed by atoms with E-state index in [2.05, 4.69) is 88.9 Å². The lowest BCUT2D eigenvalue weighted by molar-refractivity contribution is 0.996. The summed E-state index contributed by atoms with van der Waals surface area (Å²) in [4.78, 5) is 7.10. The van der Waals surface area contributed by atoms with E-state index >= 15 is 0 Å². The van der Waals surface area contributed by atoms with Gasteiger partial charge in [-0.1, -0.05) is 60.7 Å². The van der Waals surface area contributed by atoms with Crippen molar-refractivity contribution in [1.29, 1.82) is 0 Å². The highest BCUT2D eigenvalue weighted by Crippen LogP contribution is 2.57. The summed E-state index contributed by atoms with van der Waals surface area (Å²) in [7, 11) is 0. The molecule has 2 aliphatic carbocycles. The van der Waals surface area contributed by atoms with Crippen molar-refractivity contribution < 1.29 is 0 Å². The Morgan fingerprint density at radius 2 is 1.26 bits per heavy atom. The van der Waals surface area contributed by atoms with E-state index < -0.39 is 0 Å². The minimum atomic E-state index is 0.947. The van der Waals surface area contributed by atoms with Crippen LogP contribution in [0, 0.1) is 0 Å². The van der Waals surface area contributed by atoms with Gasteiger partial charge in [0.15, 0.2) is 0 Å². The Morgan fingerprint density at radius 1 is 0.543 bits per heavy atom. The molecule has 2 aliphatic heterocycles. The molecule has 0 radical (unpaired) electrons. The Kier molecular flexibility index (Phi) is 3.27. The van der Waals surface area contributed by atoms with Gasteiger partial charge in [0.1, 0.15) is 0 Å². The molecule has 0 amide bonds. The van der Waals surface area contributed by atoms with Gasteiger partial charge in [-0.15, -0.1) is 0 Å². The summed E-state index contributed by atoms with van der Waals surface area (Å²) >= 11 is 0. The molecule has 0 N–H and O–H groups in total. The Hall–Kier alpha value is -4.17. The molecule has 3 heterocycles. The van der Waals surface area contributed by atoms with Crippen LogP contribution in [0.25, 0.3) is 22.3 Å². The normalized spacial score (nSPS) is 14.9. The Labute approximate surface area is 204 Å². The minimum absolute atomic E-state index is 0.947. The lowest BCUT2D eigenvalue weighted by Crippen LogP contribution is -2.26. The monoisotopic (exact) mass is 446 g/mol. The van der Waals surface area contributed by atoms with Gasteiger partial charge in [-0.05, 0) is 91.7 Å². The molecule has 4 aliphatic rings.